The summed E-state index contributed by atoms with van der Waals surface area (Å²) in [5, 5.41) is 10.1. The van der Waals surface area contributed by atoms with E-state index in [1.165, 1.54) is 11.6 Å². The molecule has 1 rings (SSSR count). The second-order valence-corrected chi connectivity index (χ2v) is 3.28. The van der Waals surface area contributed by atoms with Crippen molar-refractivity contribution in [1.82, 2.24) is 20.3 Å². The standard InChI is InChI=1S/C9H14N4O2/c1-7(14)3-4-8-5-13(12-11-8)6-9(15)10-2/h5H,3-4,6H2,1-2H3,(H,10,15). The third-order valence-corrected chi connectivity index (χ3v) is 1.90. The second kappa shape index (κ2) is 5.23. The number of hydrogen-bond donors (Lipinski definition) is 1. The van der Waals surface area contributed by atoms with Gasteiger partial charge in [-0.1, -0.05) is 5.21 Å². The van der Waals surface area contributed by atoms with Crippen LogP contribution in [0.2, 0.25) is 0 Å². The van der Waals surface area contributed by atoms with Gasteiger partial charge in [0.05, 0.1) is 5.69 Å². The molecule has 0 saturated carbocycles. The number of rotatable bonds is 5. The van der Waals surface area contributed by atoms with Crippen LogP contribution in [0.3, 0.4) is 0 Å². The number of aryl methyl sites for hydroxylation is 1. The molecule has 0 spiro atoms. The van der Waals surface area contributed by atoms with Gasteiger partial charge >= 0.3 is 0 Å². The summed E-state index contributed by atoms with van der Waals surface area (Å²) in [7, 11) is 1.57. The van der Waals surface area contributed by atoms with Crippen molar-refractivity contribution in [3.63, 3.8) is 0 Å². The number of carbonyl (C=O) groups is 2. The Hall–Kier alpha value is -1.72. The van der Waals surface area contributed by atoms with Gasteiger partial charge in [-0.15, -0.1) is 5.10 Å². The van der Waals surface area contributed by atoms with Crippen LogP contribution in [0.25, 0.3) is 0 Å². The molecule has 15 heavy (non-hydrogen) atoms. The third-order valence-electron chi connectivity index (χ3n) is 1.90. The molecule has 1 aromatic heterocycles. The first-order valence-corrected chi connectivity index (χ1v) is 4.71. The van der Waals surface area contributed by atoms with Crippen molar-refractivity contribution in [2.45, 2.75) is 26.3 Å². The highest BCUT2D eigenvalue weighted by molar-refractivity contribution is 5.75. The van der Waals surface area contributed by atoms with Crippen LogP contribution < -0.4 is 5.32 Å². The van der Waals surface area contributed by atoms with E-state index in [9.17, 15) is 9.59 Å². The number of carbonyl (C=O) groups excluding carboxylic acids is 2. The number of amides is 1. The molecule has 0 aliphatic rings. The van der Waals surface area contributed by atoms with E-state index in [0.29, 0.717) is 12.8 Å². The number of hydrogen-bond acceptors (Lipinski definition) is 4. The molecule has 82 valence electrons. The molecular weight excluding hydrogens is 196 g/mol. The SMILES string of the molecule is CNC(=O)Cn1cc(CCC(C)=O)nn1. The summed E-state index contributed by atoms with van der Waals surface area (Å²) < 4.78 is 1.45. The van der Waals surface area contributed by atoms with Crippen molar-refractivity contribution in [2.75, 3.05) is 7.05 Å². The van der Waals surface area contributed by atoms with Crippen molar-refractivity contribution in [3.05, 3.63) is 11.9 Å². The molecule has 0 aliphatic heterocycles. The molecule has 0 radical (unpaired) electrons. The van der Waals surface area contributed by atoms with Gasteiger partial charge in [0.2, 0.25) is 5.91 Å². The average molecular weight is 210 g/mol. The lowest BCUT2D eigenvalue weighted by Gasteiger charge is -1.97. The summed E-state index contributed by atoms with van der Waals surface area (Å²) in [5.41, 5.74) is 0.731. The Bertz CT molecular complexity index is 359. The highest BCUT2D eigenvalue weighted by Crippen LogP contribution is 1.98. The maximum Gasteiger partial charge on any atom is 0.241 e. The van der Waals surface area contributed by atoms with Crippen molar-refractivity contribution in [3.8, 4) is 0 Å². The summed E-state index contributed by atoms with van der Waals surface area (Å²) in [6.45, 7) is 1.69. The molecule has 6 nitrogen and oxygen atoms in total. The highest BCUT2D eigenvalue weighted by Gasteiger charge is 2.05. The van der Waals surface area contributed by atoms with Gasteiger partial charge in [-0.25, -0.2) is 4.68 Å². The Morgan fingerprint density at radius 2 is 2.27 bits per heavy atom. The molecule has 0 fully saturated rings. The van der Waals surface area contributed by atoms with Gasteiger partial charge in [-0.2, -0.15) is 0 Å². The number of nitrogens with one attached hydrogen (secondary N) is 1. The fraction of sp³-hybridized carbons (Fsp3) is 0.556. The van der Waals surface area contributed by atoms with Crippen LogP contribution in [0, 0.1) is 0 Å². The van der Waals surface area contributed by atoms with Crippen LogP contribution in [0.5, 0.6) is 0 Å². The van der Waals surface area contributed by atoms with Gasteiger partial charge in [-0.3, -0.25) is 4.79 Å². The molecule has 6 heteroatoms. The lowest BCUT2D eigenvalue weighted by Crippen LogP contribution is -2.23. The molecule has 0 aromatic carbocycles. The first-order valence-electron chi connectivity index (χ1n) is 4.71. The maximum atomic E-state index is 11.0. The van der Waals surface area contributed by atoms with Gasteiger partial charge in [-0.05, 0) is 13.3 Å². The van der Waals surface area contributed by atoms with Crippen molar-refractivity contribution < 1.29 is 9.59 Å². The topological polar surface area (TPSA) is 76.9 Å². The Morgan fingerprint density at radius 3 is 2.87 bits per heavy atom. The summed E-state index contributed by atoms with van der Waals surface area (Å²) in [6, 6.07) is 0. The van der Waals surface area contributed by atoms with Crippen LogP contribution in [-0.2, 0) is 22.6 Å². The Kier molecular flexibility index (Phi) is 3.96. The van der Waals surface area contributed by atoms with E-state index in [1.807, 2.05) is 0 Å². The first kappa shape index (κ1) is 11.4. The number of ketones is 1. The van der Waals surface area contributed by atoms with Crippen LogP contribution in [-0.4, -0.2) is 33.7 Å². The first-order chi connectivity index (χ1) is 7.11. The molecule has 0 atom stereocenters. The molecule has 1 aromatic rings. The van der Waals surface area contributed by atoms with Gasteiger partial charge in [0.25, 0.3) is 0 Å². The van der Waals surface area contributed by atoms with E-state index in [1.54, 1.807) is 13.2 Å². The fourth-order valence-corrected chi connectivity index (χ4v) is 1.06. The third kappa shape index (κ3) is 3.88. The molecule has 1 N–H and O–H groups in total. The monoisotopic (exact) mass is 210 g/mol. The van der Waals surface area contributed by atoms with Gasteiger partial charge in [0, 0.05) is 19.7 Å². The quantitative estimate of drug-likeness (QED) is 0.713. The predicted molar refractivity (Wildman–Crippen MR) is 53.1 cm³/mol. The minimum atomic E-state index is -0.127. The molecule has 0 unspecified atom stereocenters. The fourth-order valence-electron chi connectivity index (χ4n) is 1.06. The van der Waals surface area contributed by atoms with Crippen molar-refractivity contribution in [2.24, 2.45) is 0 Å². The lowest BCUT2D eigenvalue weighted by molar-refractivity contribution is -0.121. The smallest absolute Gasteiger partial charge is 0.241 e. The Morgan fingerprint density at radius 1 is 1.53 bits per heavy atom. The summed E-state index contributed by atoms with van der Waals surface area (Å²) in [5.74, 6) is -0.00568. The largest absolute Gasteiger partial charge is 0.358 e. The van der Waals surface area contributed by atoms with E-state index in [0.717, 1.165) is 5.69 Å². The van der Waals surface area contributed by atoms with Crippen LogP contribution in [0.15, 0.2) is 6.20 Å². The maximum absolute atomic E-state index is 11.0. The van der Waals surface area contributed by atoms with Crippen LogP contribution >= 0.6 is 0 Å². The molecule has 0 saturated heterocycles. The highest BCUT2D eigenvalue weighted by atomic mass is 16.2. The Labute approximate surface area is 87.7 Å². The van der Waals surface area contributed by atoms with E-state index in [-0.39, 0.29) is 18.2 Å². The zero-order chi connectivity index (χ0) is 11.3. The zero-order valence-corrected chi connectivity index (χ0v) is 8.86. The lowest BCUT2D eigenvalue weighted by atomic mass is 10.2. The van der Waals surface area contributed by atoms with Crippen LogP contribution in [0.4, 0.5) is 0 Å². The zero-order valence-electron chi connectivity index (χ0n) is 8.86. The number of aromatic nitrogens is 3. The van der Waals surface area contributed by atoms with Gasteiger partial charge < -0.3 is 10.1 Å². The number of nitrogens with zero attached hydrogens (tertiary/aromatic N) is 3. The second-order valence-electron chi connectivity index (χ2n) is 3.28. The normalized spacial score (nSPS) is 10.0. The summed E-state index contributed by atoms with van der Waals surface area (Å²) in [6.07, 6.45) is 2.71. The van der Waals surface area contributed by atoms with E-state index < -0.39 is 0 Å². The van der Waals surface area contributed by atoms with E-state index in [4.69, 9.17) is 0 Å². The molecular formula is C9H14N4O2. The average Bonchev–Trinajstić information content (AvgIpc) is 2.62. The summed E-state index contributed by atoms with van der Waals surface area (Å²) in [4.78, 5) is 21.7. The van der Waals surface area contributed by atoms with Crippen molar-refractivity contribution in [1.29, 1.82) is 0 Å². The number of likely N-dealkylation sites (N-methyl/N-ethyl adjacent to an activating group) is 1. The molecule has 1 amide bonds. The minimum Gasteiger partial charge on any atom is -0.358 e. The van der Waals surface area contributed by atoms with Gasteiger partial charge in [0.15, 0.2) is 0 Å². The van der Waals surface area contributed by atoms with Crippen LogP contribution in [0.1, 0.15) is 19.0 Å². The molecule has 0 bridgehead atoms. The minimum absolute atomic E-state index is 0.121. The molecule has 1 heterocycles. The van der Waals surface area contributed by atoms with Gasteiger partial charge in [0.1, 0.15) is 12.3 Å². The number of Topliss-reactive ketones (excluding diaryl/α,β-unsaturated/α-hetero) is 1. The van der Waals surface area contributed by atoms with Crippen molar-refractivity contribution >= 4 is 11.7 Å². The van der Waals surface area contributed by atoms with E-state index in [2.05, 4.69) is 15.6 Å². The van der Waals surface area contributed by atoms with E-state index >= 15 is 0 Å². The Balaban J connectivity index is 2.49. The summed E-state index contributed by atoms with van der Waals surface area (Å²) >= 11 is 0. The molecule has 0 aliphatic carbocycles. The predicted octanol–water partition coefficient (Wildman–Crippen LogP) is -0.454.